The molecule has 2 heteroatoms. The van der Waals surface area contributed by atoms with Gasteiger partial charge in [0.05, 0.1) is 6.10 Å². The molecule has 100 valence electrons. The van der Waals surface area contributed by atoms with Crippen molar-refractivity contribution in [3.8, 4) is 0 Å². The third-order valence-electron chi connectivity index (χ3n) is 4.31. The highest BCUT2D eigenvalue weighted by atomic mass is 16.5. The normalized spacial score (nSPS) is 29.8. The Balaban J connectivity index is 1.89. The summed E-state index contributed by atoms with van der Waals surface area (Å²) >= 11 is 0. The lowest BCUT2D eigenvalue weighted by Crippen LogP contribution is -2.24. The number of fused-ring (bicyclic) bond motifs is 1. The maximum absolute atomic E-state index is 11.3. The van der Waals surface area contributed by atoms with Crippen molar-refractivity contribution in [1.82, 2.24) is 0 Å². The summed E-state index contributed by atoms with van der Waals surface area (Å²) < 4.78 is 6.26. The molecular weight excluding hydrogens is 236 g/mol. The van der Waals surface area contributed by atoms with Crippen LogP contribution in [0.2, 0.25) is 0 Å². The van der Waals surface area contributed by atoms with Crippen molar-refractivity contribution in [1.29, 1.82) is 0 Å². The van der Waals surface area contributed by atoms with Gasteiger partial charge in [-0.2, -0.15) is 0 Å². The van der Waals surface area contributed by atoms with Crippen LogP contribution in [0.1, 0.15) is 55.5 Å². The van der Waals surface area contributed by atoms with E-state index in [0.29, 0.717) is 6.10 Å². The number of ether oxygens (including phenoxy) is 1. The fraction of sp³-hybridized carbons (Fsp3) is 0.471. The lowest BCUT2D eigenvalue weighted by molar-refractivity contribution is -0.0254. The second kappa shape index (κ2) is 4.61. The predicted molar refractivity (Wildman–Crippen MR) is 75.2 cm³/mol. The Morgan fingerprint density at radius 3 is 2.63 bits per heavy atom. The SMILES string of the molecule is CC(=O)c1ccc([C@]2(C)C=C3CCCC[C@@H]3O2)cc1. The second-order valence-corrected chi connectivity index (χ2v) is 5.81. The van der Waals surface area contributed by atoms with Crippen molar-refractivity contribution in [3.63, 3.8) is 0 Å². The van der Waals surface area contributed by atoms with Crippen LogP contribution < -0.4 is 0 Å². The third kappa shape index (κ3) is 2.25. The van der Waals surface area contributed by atoms with Gasteiger partial charge < -0.3 is 4.74 Å². The summed E-state index contributed by atoms with van der Waals surface area (Å²) in [6.07, 6.45) is 7.47. The molecule has 0 unspecified atom stereocenters. The molecule has 0 radical (unpaired) electrons. The van der Waals surface area contributed by atoms with Gasteiger partial charge in [0.25, 0.3) is 0 Å². The van der Waals surface area contributed by atoms with E-state index < -0.39 is 0 Å². The quantitative estimate of drug-likeness (QED) is 0.590. The number of ketones is 1. The molecule has 1 aliphatic heterocycles. The van der Waals surface area contributed by atoms with Gasteiger partial charge in [-0.05, 0) is 50.3 Å². The highest BCUT2D eigenvalue weighted by molar-refractivity contribution is 5.94. The highest BCUT2D eigenvalue weighted by Gasteiger charge is 2.38. The largest absolute Gasteiger partial charge is 0.359 e. The molecule has 1 aromatic rings. The Kier molecular flexibility index (Phi) is 3.06. The molecule has 0 bridgehead atoms. The minimum atomic E-state index is -0.320. The van der Waals surface area contributed by atoms with E-state index in [4.69, 9.17) is 4.74 Å². The maximum atomic E-state index is 11.3. The second-order valence-electron chi connectivity index (χ2n) is 5.81. The van der Waals surface area contributed by atoms with Crippen LogP contribution in [-0.2, 0) is 10.3 Å². The number of rotatable bonds is 2. The van der Waals surface area contributed by atoms with E-state index in [0.717, 1.165) is 17.5 Å². The van der Waals surface area contributed by atoms with Crippen LogP contribution in [0.4, 0.5) is 0 Å². The number of benzene rings is 1. The summed E-state index contributed by atoms with van der Waals surface area (Å²) in [6.45, 7) is 3.72. The van der Waals surface area contributed by atoms with Crippen molar-refractivity contribution >= 4 is 5.78 Å². The number of hydrogen-bond acceptors (Lipinski definition) is 2. The van der Waals surface area contributed by atoms with Crippen LogP contribution in [0, 0.1) is 0 Å². The lowest BCUT2D eigenvalue weighted by atomic mass is 9.90. The van der Waals surface area contributed by atoms with E-state index in [1.807, 2.05) is 24.3 Å². The first-order valence-electron chi connectivity index (χ1n) is 7.09. The van der Waals surface area contributed by atoms with Gasteiger partial charge in [0.15, 0.2) is 5.78 Å². The zero-order valence-corrected chi connectivity index (χ0v) is 11.6. The van der Waals surface area contributed by atoms with Gasteiger partial charge in [-0.15, -0.1) is 0 Å². The van der Waals surface area contributed by atoms with Crippen LogP contribution >= 0.6 is 0 Å². The molecule has 0 saturated heterocycles. The maximum Gasteiger partial charge on any atom is 0.159 e. The minimum Gasteiger partial charge on any atom is -0.359 e. The number of hydrogen-bond donors (Lipinski definition) is 0. The summed E-state index contributed by atoms with van der Waals surface area (Å²) in [4.78, 5) is 11.3. The van der Waals surface area contributed by atoms with Crippen LogP contribution in [0.5, 0.6) is 0 Å². The highest BCUT2D eigenvalue weighted by Crippen LogP contribution is 2.42. The summed E-state index contributed by atoms with van der Waals surface area (Å²) in [7, 11) is 0. The van der Waals surface area contributed by atoms with Crippen molar-refractivity contribution in [3.05, 3.63) is 47.0 Å². The third-order valence-corrected chi connectivity index (χ3v) is 4.31. The summed E-state index contributed by atoms with van der Waals surface area (Å²) in [5.74, 6) is 0.107. The molecule has 2 aliphatic rings. The molecule has 1 heterocycles. The molecule has 1 aromatic carbocycles. The zero-order chi connectivity index (χ0) is 13.5. The fourth-order valence-electron chi connectivity index (χ4n) is 3.18. The molecule has 2 nitrogen and oxygen atoms in total. The van der Waals surface area contributed by atoms with E-state index in [9.17, 15) is 4.79 Å². The van der Waals surface area contributed by atoms with Crippen molar-refractivity contribution in [2.24, 2.45) is 0 Å². The first-order valence-corrected chi connectivity index (χ1v) is 7.09. The van der Waals surface area contributed by atoms with Gasteiger partial charge in [0.2, 0.25) is 0 Å². The predicted octanol–water partition coefficient (Wildman–Crippen LogP) is 4.00. The van der Waals surface area contributed by atoms with Gasteiger partial charge in [-0.25, -0.2) is 0 Å². The molecule has 2 atom stereocenters. The molecule has 0 amide bonds. The number of Topliss-reactive ketones (excluding diaryl/α,β-unsaturated/α-hetero) is 1. The van der Waals surface area contributed by atoms with E-state index in [1.165, 1.54) is 24.8 Å². The summed E-state index contributed by atoms with van der Waals surface area (Å²) in [5, 5.41) is 0. The van der Waals surface area contributed by atoms with E-state index >= 15 is 0 Å². The van der Waals surface area contributed by atoms with Crippen LogP contribution in [0.25, 0.3) is 0 Å². The Morgan fingerprint density at radius 1 is 1.26 bits per heavy atom. The van der Waals surface area contributed by atoms with Gasteiger partial charge in [0, 0.05) is 5.56 Å². The van der Waals surface area contributed by atoms with Crippen LogP contribution in [0.15, 0.2) is 35.9 Å². The van der Waals surface area contributed by atoms with Crippen molar-refractivity contribution in [2.75, 3.05) is 0 Å². The first-order chi connectivity index (χ1) is 9.08. The first kappa shape index (κ1) is 12.6. The molecule has 19 heavy (non-hydrogen) atoms. The van der Waals surface area contributed by atoms with E-state index in [2.05, 4.69) is 13.0 Å². The van der Waals surface area contributed by atoms with Crippen LogP contribution in [0.3, 0.4) is 0 Å². The standard InChI is InChI=1S/C17H20O2/c1-12(18)13-7-9-15(10-8-13)17(2)11-14-5-3-4-6-16(14)19-17/h7-11,16H,3-6H2,1-2H3/t16-,17-/m0/s1. The zero-order valence-electron chi connectivity index (χ0n) is 11.6. The Morgan fingerprint density at radius 2 is 2.00 bits per heavy atom. The van der Waals surface area contributed by atoms with Crippen LogP contribution in [-0.4, -0.2) is 11.9 Å². The monoisotopic (exact) mass is 256 g/mol. The lowest BCUT2D eigenvalue weighted by Gasteiger charge is -2.27. The topological polar surface area (TPSA) is 26.3 Å². The van der Waals surface area contributed by atoms with E-state index in [-0.39, 0.29) is 11.4 Å². The summed E-state index contributed by atoms with van der Waals surface area (Å²) in [5.41, 5.74) is 3.04. The van der Waals surface area contributed by atoms with Gasteiger partial charge in [-0.3, -0.25) is 4.79 Å². The van der Waals surface area contributed by atoms with E-state index in [1.54, 1.807) is 6.92 Å². The number of carbonyl (C=O) groups is 1. The molecule has 3 rings (SSSR count). The average molecular weight is 256 g/mol. The molecule has 0 N–H and O–H groups in total. The smallest absolute Gasteiger partial charge is 0.159 e. The van der Waals surface area contributed by atoms with Gasteiger partial charge in [0.1, 0.15) is 5.60 Å². The average Bonchev–Trinajstić information content (AvgIpc) is 2.76. The number of carbonyl (C=O) groups excluding carboxylic acids is 1. The molecule has 1 fully saturated rings. The van der Waals surface area contributed by atoms with Crippen molar-refractivity contribution in [2.45, 2.75) is 51.2 Å². The molecule has 0 spiro atoms. The Bertz CT molecular complexity index is 527. The molecule has 1 saturated carbocycles. The van der Waals surface area contributed by atoms with Gasteiger partial charge >= 0.3 is 0 Å². The summed E-state index contributed by atoms with van der Waals surface area (Å²) in [6, 6.07) is 7.83. The van der Waals surface area contributed by atoms with Crippen molar-refractivity contribution < 1.29 is 9.53 Å². The Labute approximate surface area is 114 Å². The molecule has 0 aromatic heterocycles. The minimum absolute atomic E-state index is 0.107. The molecule has 1 aliphatic carbocycles. The Hall–Kier alpha value is -1.41. The molecular formula is C17H20O2. The van der Waals surface area contributed by atoms with Gasteiger partial charge in [-0.1, -0.05) is 30.7 Å². The fourth-order valence-corrected chi connectivity index (χ4v) is 3.18.